The SMILES string of the molecule is COc1ccc(-c2cn3c4c(oc3n2)CCCC4)cc1. The lowest BCUT2D eigenvalue weighted by molar-refractivity contribution is 0.415. The number of methoxy groups -OCH3 is 1. The lowest BCUT2D eigenvalue weighted by Crippen LogP contribution is -2.02. The first-order valence-corrected chi connectivity index (χ1v) is 6.99. The van der Waals surface area contributed by atoms with Gasteiger partial charge in [-0.1, -0.05) is 0 Å². The maximum Gasteiger partial charge on any atom is 0.306 e. The van der Waals surface area contributed by atoms with Gasteiger partial charge in [0.15, 0.2) is 0 Å². The van der Waals surface area contributed by atoms with Gasteiger partial charge in [-0.15, -0.1) is 0 Å². The number of hydrogen-bond acceptors (Lipinski definition) is 3. The zero-order chi connectivity index (χ0) is 13.5. The second-order valence-corrected chi connectivity index (χ2v) is 5.19. The van der Waals surface area contributed by atoms with E-state index in [0.29, 0.717) is 5.84 Å². The molecule has 0 amide bonds. The van der Waals surface area contributed by atoms with Gasteiger partial charge in [0.05, 0.1) is 18.5 Å². The van der Waals surface area contributed by atoms with Crippen molar-refractivity contribution in [1.29, 1.82) is 0 Å². The number of aryl methyl sites for hydroxylation is 2. The van der Waals surface area contributed by atoms with Gasteiger partial charge in [0, 0.05) is 18.2 Å². The van der Waals surface area contributed by atoms with Crippen LogP contribution in [0.1, 0.15) is 24.3 Å². The van der Waals surface area contributed by atoms with Crippen LogP contribution in [0.15, 0.2) is 34.9 Å². The van der Waals surface area contributed by atoms with Gasteiger partial charge in [-0.25, -0.2) is 0 Å². The Hall–Kier alpha value is -2.23. The minimum absolute atomic E-state index is 0.711. The molecule has 3 aromatic rings. The molecule has 0 fully saturated rings. The quantitative estimate of drug-likeness (QED) is 0.714. The van der Waals surface area contributed by atoms with Crippen molar-refractivity contribution in [2.75, 3.05) is 7.11 Å². The maximum atomic E-state index is 5.86. The second-order valence-electron chi connectivity index (χ2n) is 5.19. The largest absolute Gasteiger partial charge is 0.497 e. The molecule has 0 unspecified atom stereocenters. The van der Waals surface area contributed by atoms with E-state index in [-0.39, 0.29) is 0 Å². The van der Waals surface area contributed by atoms with Crippen molar-refractivity contribution < 1.29 is 9.15 Å². The number of benzene rings is 1. The maximum absolute atomic E-state index is 5.86. The fourth-order valence-electron chi connectivity index (χ4n) is 2.87. The molecule has 4 rings (SSSR count). The molecule has 2 heterocycles. The molecule has 0 radical (unpaired) electrons. The molecule has 1 aliphatic carbocycles. The molecule has 0 saturated heterocycles. The molecular formula is C16H16N2O2. The van der Waals surface area contributed by atoms with E-state index >= 15 is 0 Å². The summed E-state index contributed by atoms with van der Waals surface area (Å²) in [6, 6.07) is 7.94. The number of imidazole rings is 1. The predicted molar refractivity (Wildman–Crippen MR) is 76.1 cm³/mol. The minimum atomic E-state index is 0.711. The highest BCUT2D eigenvalue weighted by atomic mass is 16.5. The molecule has 0 aliphatic heterocycles. The van der Waals surface area contributed by atoms with Crippen LogP contribution in [0.25, 0.3) is 17.1 Å². The molecule has 4 heteroatoms. The van der Waals surface area contributed by atoms with Gasteiger partial charge in [0.25, 0.3) is 0 Å². The number of hydrogen-bond donors (Lipinski definition) is 0. The minimum Gasteiger partial charge on any atom is -0.497 e. The highest BCUT2D eigenvalue weighted by Crippen LogP contribution is 2.28. The van der Waals surface area contributed by atoms with Gasteiger partial charge >= 0.3 is 5.84 Å². The summed E-state index contributed by atoms with van der Waals surface area (Å²) in [5.41, 5.74) is 3.31. The van der Waals surface area contributed by atoms with Crippen molar-refractivity contribution in [3.8, 4) is 17.0 Å². The Bertz CT molecular complexity index is 753. The van der Waals surface area contributed by atoms with Crippen LogP contribution < -0.4 is 4.74 Å². The van der Waals surface area contributed by atoms with Crippen LogP contribution in [0, 0.1) is 0 Å². The van der Waals surface area contributed by atoms with E-state index in [4.69, 9.17) is 9.15 Å². The number of rotatable bonds is 2. The van der Waals surface area contributed by atoms with Gasteiger partial charge in [0.1, 0.15) is 11.5 Å². The topological polar surface area (TPSA) is 39.7 Å². The van der Waals surface area contributed by atoms with E-state index < -0.39 is 0 Å². The number of ether oxygens (including phenoxy) is 1. The summed E-state index contributed by atoms with van der Waals surface area (Å²) in [4.78, 5) is 4.60. The Labute approximate surface area is 117 Å². The van der Waals surface area contributed by atoms with Crippen molar-refractivity contribution in [1.82, 2.24) is 9.38 Å². The second kappa shape index (κ2) is 4.40. The van der Waals surface area contributed by atoms with E-state index in [1.165, 1.54) is 18.5 Å². The van der Waals surface area contributed by atoms with Crippen molar-refractivity contribution in [3.05, 3.63) is 41.9 Å². The molecule has 0 bridgehead atoms. The van der Waals surface area contributed by atoms with Gasteiger partial charge in [0.2, 0.25) is 0 Å². The van der Waals surface area contributed by atoms with Crippen LogP contribution in [-0.2, 0) is 12.8 Å². The summed E-state index contributed by atoms with van der Waals surface area (Å²) >= 11 is 0. The smallest absolute Gasteiger partial charge is 0.306 e. The van der Waals surface area contributed by atoms with E-state index in [2.05, 4.69) is 15.6 Å². The van der Waals surface area contributed by atoms with Gasteiger partial charge < -0.3 is 9.15 Å². The van der Waals surface area contributed by atoms with Crippen LogP contribution in [-0.4, -0.2) is 16.5 Å². The molecular weight excluding hydrogens is 252 g/mol. The zero-order valence-corrected chi connectivity index (χ0v) is 11.4. The Balaban J connectivity index is 1.78. The highest BCUT2D eigenvalue weighted by molar-refractivity contribution is 5.62. The summed E-state index contributed by atoms with van der Waals surface area (Å²) < 4.78 is 13.1. The Morgan fingerprint density at radius 2 is 1.95 bits per heavy atom. The van der Waals surface area contributed by atoms with Crippen LogP contribution >= 0.6 is 0 Å². The summed E-state index contributed by atoms with van der Waals surface area (Å²) in [7, 11) is 1.67. The van der Waals surface area contributed by atoms with E-state index in [1.807, 2.05) is 24.3 Å². The first-order chi connectivity index (χ1) is 9.85. The third-order valence-corrected chi connectivity index (χ3v) is 3.95. The van der Waals surface area contributed by atoms with E-state index in [9.17, 15) is 0 Å². The summed E-state index contributed by atoms with van der Waals surface area (Å²) in [6.45, 7) is 0. The molecule has 0 atom stereocenters. The summed E-state index contributed by atoms with van der Waals surface area (Å²) in [5, 5.41) is 0. The highest BCUT2D eigenvalue weighted by Gasteiger charge is 2.19. The van der Waals surface area contributed by atoms with Gasteiger partial charge in [-0.3, -0.25) is 4.40 Å². The van der Waals surface area contributed by atoms with Gasteiger partial charge in [-0.2, -0.15) is 4.98 Å². The Morgan fingerprint density at radius 1 is 1.15 bits per heavy atom. The third kappa shape index (κ3) is 1.72. The first kappa shape index (κ1) is 11.6. The van der Waals surface area contributed by atoms with Crippen molar-refractivity contribution >= 4 is 5.84 Å². The monoisotopic (exact) mass is 268 g/mol. The Morgan fingerprint density at radius 3 is 2.75 bits per heavy atom. The van der Waals surface area contributed by atoms with E-state index in [1.54, 1.807) is 7.11 Å². The average molecular weight is 268 g/mol. The summed E-state index contributed by atoms with van der Waals surface area (Å²) in [6.07, 6.45) is 6.65. The molecule has 2 aromatic heterocycles. The molecule has 0 saturated carbocycles. The van der Waals surface area contributed by atoms with Gasteiger partial charge in [-0.05, 0) is 43.5 Å². The normalized spacial score (nSPS) is 14.4. The molecule has 0 spiro atoms. The molecule has 1 aromatic carbocycles. The molecule has 20 heavy (non-hydrogen) atoms. The zero-order valence-electron chi connectivity index (χ0n) is 11.4. The number of aromatic nitrogens is 2. The molecule has 0 N–H and O–H groups in total. The van der Waals surface area contributed by atoms with Crippen LogP contribution in [0.5, 0.6) is 5.75 Å². The predicted octanol–water partition coefficient (Wildman–Crippen LogP) is 3.48. The first-order valence-electron chi connectivity index (χ1n) is 6.99. The third-order valence-electron chi connectivity index (χ3n) is 3.95. The number of fused-ring (bicyclic) bond motifs is 3. The number of nitrogens with zero attached hydrogens (tertiary/aromatic N) is 2. The van der Waals surface area contributed by atoms with E-state index in [0.717, 1.165) is 35.6 Å². The fraction of sp³-hybridized carbons (Fsp3) is 0.312. The lowest BCUT2D eigenvalue weighted by atomic mass is 10.0. The van der Waals surface area contributed by atoms with Crippen molar-refractivity contribution in [2.45, 2.75) is 25.7 Å². The Kier molecular flexibility index (Phi) is 2.55. The summed E-state index contributed by atoms with van der Waals surface area (Å²) in [5.74, 6) is 2.68. The van der Waals surface area contributed by atoms with Crippen molar-refractivity contribution in [3.63, 3.8) is 0 Å². The van der Waals surface area contributed by atoms with Crippen LogP contribution in [0.4, 0.5) is 0 Å². The molecule has 1 aliphatic rings. The average Bonchev–Trinajstić information content (AvgIpc) is 3.05. The van der Waals surface area contributed by atoms with Crippen LogP contribution in [0.3, 0.4) is 0 Å². The standard InChI is InChI=1S/C16H16N2O2/c1-19-12-8-6-11(7-9-12)13-10-18-14-4-2-3-5-15(14)20-16(18)17-13/h6-10H,2-5H2,1H3. The molecule has 102 valence electrons. The fourth-order valence-corrected chi connectivity index (χ4v) is 2.87. The number of oxazole rings is 1. The van der Waals surface area contributed by atoms with Crippen LogP contribution in [0.2, 0.25) is 0 Å². The lowest BCUT2D eigenvalue weighted by Gasteiger charge is -2.08. The van der Waals surface area contributed by atoms with Crippen molar-refractivity contribution in [2.24, 2.45) is 0 Å². The molecule has 4 nitrogen and oxygen atoms in total.